The molecule has 1 fully saturated rings. The maximum Gasteiger partial charge on any atom is 0.293 e. The molecule has 0 spiro atoms. The van der Waals surface area contributed by atoms with E-state index in [9.17, 15) is 4.79 Å². The van der Waals surface area contributed by atoms with Crippen molar-refractivity contribution in [3.63, 3.8) is 0 Å². The molecule has 0 atom stereocenters. The molecule has 4 heteroatoms. The number of rotatable bonds is 3. The van der Waals surface area contributed by atoms with Crippen molar-refractivity contribution in [3.8, 4) is 0 Å². The van der Waals surface area contributed by atoms with Crippen molar-refractivity contribution in [2.75, 3.05) is 6.61 Å². The van der Waals surface area contributed by atoms with E-state index < -0.39 is 0 Å². The Morgan fingerprint density at radius 2 is 2.20 bits per heavy atom. The van der Waals surface area contributed by atoms with E-state index in [0.717, 1.165) is 12.8 Å². The van der Waals surface area contributed by atoms with Crippen molar-refractivity contribution >= 4 is 18.9 Å². The molecular formula is C6H12ClNO2. The zero-order valence-corrected chi connectivity index (χ0v) is 6.47. The van der Waals surface area contributed by atoms with Gasteiger partial charge in [0.2, 0.25) is 0 Å². The number of ether oxygens (including phenoxy) is 1. The fraction of sp³-hybridized carbons (Fsp3) is 0.833. The molecule has 0 bridgehead atoms. The number of nitrogens with two attached hydrogens (primary N) is 1. The Bertz CT molecular complexity index is 104. The minimum atomic E-state index is 0. The third kappa shape index (κ3) is 2.54. The first-order valence-corrected chi connectivity index (χ1v) is 3.13. The number of hydrogen-bond acceptors (Lipinski definition) is 3. The molecule has 0 heterocycles. The Kier molecular flexibility index (Phi) is 4.40. The molecule has 1 rings (SSSR count). The first-order valence-electron chi connectivity index (χ1n) is 3.13. The minimum absolute atomic E-state index is 0. The lowest BCUT2D eigenvalue weighted by atomic mass is 9.82. The molecule has 0 radical (unpaired) electrons. The lowest BCUT2D eigenvalue weighted by Crippen LogP contribution is -2.38. The van der Waals surface area contributed by atoms with Crippen LogP contribution >= 0.6 is 12.4 Å². The van der Waals surface area contributed by atoms with Crippen LogP contribution in [0.1, 0.15) is 12.8 Å². The van der Waals surface area contributed by atoms with Crippen molar-refractivity contribution < 1.29 is 9.53 Å². The van der Waals surface area contributed by atoms with Crippen LogP contribution in [0.25, 0.3) is 0 Å². The third-order valence-electron chi connectivity index (χ3n) is 1.67. The summed E-state index contributed by atoms with van der Waals surface area (Å²) in [6.07, 6.45) is 2.02. The highest BCUT2D eigenvalue weighted by molar-refractivity contribution is 5.85. The smallest absolute Gasteiger partial charge is 0.293 e. The fourth-order valence-electron chi connectivity index (χ4n) is 1.10. The molecule has 0 unspecified atom stereocenters. The van der Waals surface area contributed by atoms with Crippen LogP contribution in [0.2, 0.25) is 0 Å². The predicted molar refractivity (Wildman–Crippen MR) is 40.0 cm³/mol. The second-order valence-electron chi connectivity index (χ2n) is 2.53. The van der Waals surface area contributed by atoms with Gasteiger partial charge in [0.05, 0.1) is 6.61 Å². The van der Waals surface area contributed by atoms with Crippen LogP contribution in [-0.2, 0) is 9.53 Å². The van der Waals surface area contributed by atoms with E-state index in [1.165, 1.54) is 0 Å². The Hall–Kier alpha value is -0.280. The summed E-state index contributed by atoms with van der Waals surface area (Å²) in [5.41, 5.74) is 5.50. The standard InChI is InChI=1S/C6H11NO2.ClH/c7-6-1-5(2-6)3-9-4-8;/h4-6H,1-3,7H2;1H/t5-,6-;. The first kappa shape index (κ1) is 9.72. The van der Waals surface area contributed by atoms with E-state index in [1.54, 1.807) is 0 Å². The molecule has 1 aliphatic rings. The summed E-state index contributed by atoms with van der Waals surface area (Å²) < 4.78 is 4.55. The van der Waals surface area contributed by atoms with Gasteiger partial charge in [0.25, 0.3) is 6.47 Å². The van der Waals surface area contributed by atoms with Crippen LogP contribution in [0, 0.1) is 5.92 Å². The monoisotopic (exact) mass is 165 g/mol. The maximum atomic E-state index is 9.68. The number of carbonyl (C=O) groups excluding carboxylic acids is 1. The van der Waals surface area contributed by atoms with E-state index in [0.29, 0.717) is 25.0 Å². The van der Waals surface area contributed by atoms with E-state index in [2.05, 4.69) is 4.74 Å². The molecule has 0 aliphatic heterocycles. The molecule has 2 N–H and O–H groups in total. The predicted octanol–water partition coefficient (Wildman–Crippen LogP) is 0.319. The van der Waals surface area contributed by atoms with Gasteiger partial charge < -0.3 is 10.5 Å². The summed E-state index contributed by atoms with van der Waals surface area (Å²) in [5.74, 6) is 0.533. The van der Waals surface area contributed by atoms with Gasteiger partial charge in [-0.05, 0) is 18.8 Å². The fourth-order valence-corrected chi connectivity index (χ4v) is 1.10. The van der Waals surface area contributed by atoms with Crippen LogP contribution in [0.15, 0.2) is 0 Å². The van der Waals surface area contributed by atoms with E-state index in [4.69, 9.17) is 5.73 Å². The summed E-state index contributed by atoms with van der Waals surface area (Å²) in [7, 11) is 0. The van der Waals surface area contributed by atoms with Crippen molar-refractivity contribution in [2.45, 2.75) is 18.9 Å². The highest BCUT2D eigenvalue weighted by Gasteiger charge is 2.25. The maximum absolute atomic E-state index is 9.68. The number of carbonyl (C=O) groups is 1. The highest BCUT2D eigenvalue weighted by atomic mass is 35.5. The van der Waals surface area contributed by atoms with Crippen LogP contribution in [0.5, 0.6) is 0 Å². The van der Waals surface area contributed by atoms with Crippen LogP contribution in [-0.4, -0.2) is 19.1 Å². The van der Waals surface area contributed by atoms with E-state index in [1.807, 2.05) is 0 Å². The zero-order valence-electron chi connectivity index (χ0n) is 5.66. The van der Waals surface area contributed by atoms with Crippen LogP contribution in [0.4, 0.5) is 0 Å². The third-order valence-corrected chi connectivity index (χ3v) is 1.67. The largest absolute Gasteiger partial charge is 0.468 e. The first-order chi connectivity index (χ1) is 4.33. The lowest BCUT2D eigenvalue weighted by molar-refractivity contribution is -0.130. The van der Waals surface area contributed by atoms with Gasteiger partial charge in [-0.15, -0.1) is 12.4 Å². The van der Waals surface area contributed by atoms with E-state index in [-0.39, 0.29) is 12.4 Å². The molecule has 0 aromatic rings. The highest BCUT2D eigenvalue weighted by Crippen LogP contribution is 2.24. The molecule has 3 nitrogen and oxygen atoms in total. The Balaban J connectivity index is 0.000000810. The SMILES string of the molecule is Cl.N[C@H]1C[C@H](COC=O)C1. The average Bonchev–Trinajstić information content (AvgIpc) is 1.78. The summed E-state index contributed by atoms with van der Waals surface area (Å²) in [6, 6.07) is 0.352. The van der Waals surface area contributed by atoms with Crippen molar-refractivity contribution in [1.29, 1.82) is 0 Å². The second kappa shape index (κ2) is 4.52. The number of hydrogen-bond donors (Lipinski definition) is 1. The quantitative estimate of drug-likeness (QED) is 0.613. The van der Waals surface area contributed by atoms with Gasteiger partial charge in [-0.3, -0.25) is 4.79 Å². The molecular weight excluding hydrogens is 154 g/mol. The van der Waals surface area contributed by atoms with Gasteiger partial charge in [-0.1, -0.05) is 0 Å². The van der Waals surface area contributed by atoms with Crippen molar-refractivity contribution in [3.05, 3.63) is 0 Å². The van der Waals surface area contributed by atoms with Gasteiger partial charge in [0.15, 0.2) is 0 Å². The molecule has 0 amide bonds. The second-order valence-corrected chi connectivity index (χ2v) is 2.53. The van der Waals surface area contributed by atoms with Gasteiger partial charge >= 0.3 is 0 Å². The average molecular weight is 166 g/mol. The molecule has 10 heavy (non-hydrogen) atoms. The molecule has 0 saturated heterocycles. The lowest BCUT2D eigenvalue weighted by Gasteiger charge is -2.31. The molecule has 0 aromatic heterocycles. The Labute approximate surface area is 66.3 Å². The van der Waals surface area contributed by atoms with Gasteiger partial charge in [-0.2, -0.15) is 0 Å². The number of halogens is 1. The Morgan fingerprint density at radius 1 is 1.60 bits per heavy atom. The van der Waals surface area contributed by atoms with Crippen molar-refractivity contribution in [2.24, 2.45) is 11.7 Å². The normalized spacial score (nSPS) is 29.7. The zero-order chi connectivity index (χ0) is 6.69. The topological polar surface area (TPSA) is 52.3 Å². The summed E-state index contributed by atoms with van der Waals surface area (Å²) in [5, 5.41) is 0. The Morgan fingerprint density at radius 3 is 2.60 bits per heavy atom. The van der Waals surface area contributed by atoms with Crippen LogP contribution in [0.3, 0.4) is 0 Å². The molecule has 60 valence electrons. The van der Waals surface area contributed by atoms with Gasteiger partial charge in [0.1, 0.15) is 0 Å². The van der Waals surface area contributed by atoms with Crippen molar-refractivity contribution in [1.82, 2.24) is 0 Å². The molecule has 1 aliphatic carbocycles. The van der Waals surface area contributed by atoms with Gasteiger partial charge in [-0.25, -0.2) is 0 Å². The summed E-state index contributed by atoms with van der Waals surface area (Å²) in [6.45, 7) is 1.04. The summed E-state index contributed by atoms with van der Waals surface area (Å²) in [4.78, 5) is 9.68. The van der Waals surface area contributed by atoms with Crippen LogP contribution < -0.4 is 5.73 Å². The molecule has 1 saturated carbocycles. The molecule has 0 aromatic carbocycles. The minimum Gasteiger partial charge on any atom is -0.468 e. The summed E-state index contributed by atoms with van der Waals surface area (Å²) >= 11 is 0. The van der Waals surface area contributed by atoms with Gasteiger partial charge in [0, 0.05) is 6.04 Å². The van der Waals surface area contributed by atoms with E-state index >= 15 is 0 Å².